The van der Waals surface area contributed by atoms with Crippen LogP contribution >= 0.6 is 0 Å². The summed E-state index contributed by atoms with van der Waals surface area (Å²) in [5.41, 5.74) is 0. The largest absolute Gasteiger partial charge is 0.401 e. The molecule has 1 rings (SSSR count). The Balaban J connectivity index is 2.51. The minimum absolute atomic E-state index is 0.0207. The SMILES string of the molecule is CCCC(CCO)CN=C(NCC)NC1CCN(CC(F)(F)F)C1. The van der Waals surface area contributed by atoms with Crippen LogP contribution in [0.3, 0.4) is 0 Å². The molecule has 1 aliphatic heterocycles. The second-order valence-electron chi connectivity index (χ2n) is 6.37. The van der Waals surface area contributed by atoms with Gasteiger partial charge in [0.1, 0.15) is 0 Å². The molecule has 1 fully saturated rings. The summed E-state index contributed by atoms with van der Waals surface area (Å²) in [6.45, 7) is 5.49. The highest BCUT2D eigenvalue weighted by Gasteiger charge is 2.34. The summed E-state index contributed by atoms with van der Waals surface area (Å²) in [6.07, 6.45) is -0.703. The Labute approximate surface area is 142 Å². The molecular formula is C16H31F3N4O. The quantitative estimate of drug-likeness (QED) is 0.439. The van der Waals surface area contributed by atoms with E-state index in [0.717, 1.165) is 19.3 Å². The third kappa shape index (κ3) is 8.73. The molecule has 24 heavy (non-hydrogen) atoms. The minimum atomic E-state index is -4.15. The van der Waals surface area contributed by atoms with Gasteiger partial charge in [0.2, 0.25) is 0 Å². The Kier molecular flexibility index (Phi) is 9.43. The molecule has 2 unspecified atom stereocenters. The summed E-state index contributed by atoms with van der Waals surface area (Å²) in [5.74, 6) is 0.983. The lowest BCUT2D eigenvalue weighted by Gasteiger charge is -2.20. The lowest BCUT2D eigenvalue weighted by atomic mass is 10.0. The molecule has 0 amide bonds. The van der Waals surface area contributed by atoms with Gasteiger partial charge in [0, 0.05) is 38.8 Å². The van der Waals surface area contributed by atoms with Crippen LogP contribution in [0.15, 0.2) is 4.99 Å². The number of nitrogens with zero attached hydrogens (tertiary/aromatic N) is 2. The lowest BCUT2D eigenvalue weighted by Crippen LogP contribution is -2.45. The second-order valence-corrected chi connectivity index (χ2v) is 6.37. The van der Waals surface area contributed by atoms with Crippen LogP contribution < -0.4 is 10.6 Å². The zero-order valence-electron chi connectivity index (χ0n) is 14.7. The van der Waals surface area contributed by atoms with E-state index < -0.39 is 12.7 Å². The highest BCUT2D eigenvalue weighted by molar-refractivity contribution is 5.80. The second kappa shape index (κ2) is 10.8. The molecule has 0 saturated carbocycles. The summed E-state index contributed by atoms with van der Waals surface area (Å²) in [4.78, 5) is 5.98. The molecule has 5 nitrogen and oxygen atoms in total. The molecule has 142 valence electrons. The van der Waals surface area contributed by atoms with Crippen molar-refractivity contribution < 1.29 is 18.3 Å². The topological polar surface area (TPSA) is 59.9 Å². The smallest absolute Gasteiger partial charge is 0.396 e. The first-order chi connectivity index (χ1) is 11.4. The van der Waals surface area contributed by atoms with Gasteiger partial charge in [0.05, 0.1) is 6.54 Å². The van der Waals surface area contributed by atoms with Gasteiger partial charge < -0.3 is 15.7 Å². The third-order valence-electron chi connectivity index (χ3n) is 4.10. The van der Waals surface area contributed by atoms with Gasteiger partial charge in [0.25, 0.3) is 0 Å². The molecule has 0 bridgehead atoms. The van der Waals surface area contributed by atoms with Gasteiger partial charge in [-0.25, -0.2) is 0 Å². The maximum atomic E-state index is 12.5. The highest BCUT2D eigenvalue weighted by atomic mass is 19.4. The summed E-state index contributed by atoms with van der Waals surface area (Å²) < 4.78 is 37.4. The number of alkyl halides is 3. The molecule has 0 aliphatic carbocycles. The number of rotatable bonds is 9. The average molecular weight is 352 g/mol. The molecule has 1 aliphatic rings. The fraction of sp³-hybridized carbons (Fsp3) is 0.938. The van der Waals surface area contributed by atoms with Gasteiger partial charge in [-0.1, -0.05) is 13.3 Å². The number of aliphatic hydroxyl groups is 1. The predicted molar refractivity (Wildman–Crippen MR) is 90.1 cm³/mol. The molecule has 1 heterocycles. The number of aliphatic hydroxyl groups excluding tert-OH is 1. The van der Waals surface area contributed by atoms with E-state index in [4.69, 9.17) is 5.11 Å². The summed E-state index contributed by atoms with van der Waals surface area (Å²) in [6, 6.07) is -0.0207. The molecule has 0 aromatic rings. The van der Waals surface area contributed by atoms with Crippen molar-refractivity contribution in [2.75, 3.05) is 39.3 Å². The van der Waals surface area contributed by atoms with Crippen molar-refractivity contribution in [1.82, 2.24) is 15.5 Å². The van der Waals surface area contributed by atoms with Crippen LogP contribution in [0.2, 0.25) is 0 Å². The van der Waals surface area contributed by atoms with Crippen molar-refractivity contribution in [3.05, 3.63) is 0 Å². The van der Waals surface area contributed by atoms with E-state index in [0.29, 0.717) is 44.5 Å². The number of aliphatic imine (C=N–C) groups is 1. The highest BCUT2D eigenvalue weighted by Crippen LogP contribution is 2.20. The van der Waals surface area contributed by atoms with Crippen LogP contribution in [0, 0.1) is 5.92 Å². The maximum absolute atomic E-state index is 12.5. The van der Waals surface area contributed by atoms with Gasteiger partial charge in [-0.05, 0) is 32.1 Å². The van der Waals surface area contributed by atoms with E-state index in [-0.39, 0.29) is 12.6 Å². The van der Waals surface area contributed by atoms with Crippen molar-refractivity contribution in [3.63, 3.8) is 0 Å². The molecule has 3 N–H and O–H groups in total. The normalized spacial score (nSPS) is 21.1. The third-order valence-corrected chi connectivity index (χ3v) is 4.10. The number of guanidine groups is 1. The van der Waals surface area contributed by atoms with Crippen LogP contribution in [0.25, 0.3) is 0 Å². The van der Waals surface area contributed by atoms with Crippen molar-refractivity contribution in [3.8, 4) is 0 Å². The summed E-state index contributed by atoms with van der Waals surface area (Å²) in [7, 11) is 0. The fourth-order valence-corrected chi connectivity index (χ4v) is 3.00. The number of nitrogens with one attached hydrogen (secondary N) is 2. The standard InChI is InChI=1S/C16H31F3N4O/c1-3-5-13(7-9-24)10-21-15(20-4-2)22-14-6-8-23(11-14)12-16(17,18)19/h13-14,24H,3-12H2,1-2H3,(H2,20,21,22). The monoisotopic (exact) mass is 352 g/mol. The van der Waals surface area contributed by atoms with E-state index in [1.807, 2.05) is 6.92 Å². The fourth-order valence-electron chi connectivity index (χ4n) is 3.00. The van der Waals surface area contributed by atoms with Gasteiger partial charge >= 0.3 is 6.18 Å². The van der Waals surface area contributed by atoms with Crippen LogP contribution in [0.4, 0.5) is 13.2 Å². The zero-order chi connectivity index (χ0) is 18.0. The Morgan fingerprint density at radius 1 is 1.33 bits per heavy atom. The first-order valence-corrected chi connectivity index (χ1v) is 8.82. The number of hydrogen-bond acceptors (Lipinski definition) is 3. The van der Waals surface area contributed by atoms with Crippen LogP contribution in [0.5, 0.6) is 0 Å². The minimum Gasteiger partial charge on any atom is -0.396 e. The van der Waals surface area contributed by atoms with Crippen molar-refractivity contribution in [2.45, 2.75) is 51.7 Å². The Hall–Kier alpha value is -1.02. The number of halogens is 3. The van der Waals surface area contributed by atoms with E-state index >= 15 is 0 Å². The number of likely N-dealkylation sites (tertiary alicyclic amines) is 1. The predicted octanol–water partition coefficient (Wildman–Crippen LogP) is 1.98. The molecule has 1 saturated heterocycles. The zero-order valence-corrected chi connectivity index (χ0v) is 14.7. The van der Waals surface area contributed by atoms with E-state index in [1.165, 1.54) is 4.90 Å². The average Bonchev–Trinajstić information content (AvgIpc) is 2.90. The van der Waals surface area contributed by atoms with Crippen LogP contribution in [0.1, 0.15) is 39.5 Å². The van der Waals surface area contributed by atoms with Crippen LogP contribution in [-0.4, -0.2) is 67.5 Å². The number of hydrogen-bond donors (Lipinski definition) is 3. The van der Waals surface area contributed by atoms with Crippen LogP contribution in [-0.2, 0) is 0 Å². The molecule has 2 atom stereocenters. The van der Waals surface area contributed by atoms with Crippen molar-refractivity contribution in [1.29, 1.82) is 0 Å². The Bertz CT molecular complexity index is 371. The van der Waals surface area contributed by atoms with Gasteiger partial charge in [-0.3, -0.25) is 9.89 Å². The van der Waals surface area contributed by atoms with Gasteiger partial charge in [-0.15, -0.1) is 0 Å². The Morgan fingerprint density at radius 2 is 2.08 bits per heavy atom. The molecule has 0 radical (unpaired) electrons. The maximum Gasteiger partial charge on any atom is 0.401 e. The van der Waals surface area contributed by atoms with E-state index in [9.17, 15) is 13.2 Å². The van der Waals surface area contributed by atoms with Crippen molar-refractivity contribution in [2.24, 2.45) is 10.9 Å². The molecule has 0 spiro atoms. The summed E-state index contributed by atoms with van der Waals surface area (Å²) >= 11 is 0. The molecule has 0 aromatic carbocycles. The van der Waals surface area contributed by atoms with E-state index in [1.54, 1.807) is 0 Å². The molecule has 8 heteroatoms. The molecular weight excluding hydrogens is 321 g/mol. The Morgan fingerprint density at radius 3 is 2.67 bits per heavy atom. The first-order valence-electron chi connectivity index (χ1n) is 8.82. The van der Waals surface area contributed by atoms with Crippen molar-refractivity contribution >= 4 is 5.96 Å². The van der Waals surface area contributed by atoms with Gasteiger partial charge in [-0.2, -0.15) is 13.2 Å². The van der Waals surface area contributed by atoms with E-state index in [2.05, 4.69) is 22.5 Å². The van der Waals surface area contributed by atoms with Gasteiger partial charge in [0.15, 0.2) is 5.96 Å². The summed E-state index contributed by atoms with van der Waals surface area (Å²) in [5, 5.41) is 15.5. The molecule has 0 aromatic heterocycles. The lowest BCUT2D eigenvalue weighted by molar-refractivity contribution is -0.143. The first kappa shape index (κ1) is 21.0.